The van der Waals surface area contributed by atoms with Crippen LogP contribution >= 0.6 is 27.7 Å². The summed E-state index contributed by atoms with van der Waals surface area (Å²) in [6.07, 6.45) is 0.370. The van der Waals surface area contributed by atoms with Crippen LogP contribution in [0.2, 0.25) is 0 Å². The van der Waals surface area contributed by atoms with Gasteiger partial charge in [-0.05, 0) is 30.4 Å². The maximum atomic E-state index is 12.6. The lowest BCUT2D eigenvalue weighted by Crippen LogP contribution is -2.47. The Morgan fingerprint density at radius 3 is 2.87 bits per heavy atom. The average Bonchev–Trinajstić information content (AvgIpc) is 2.53. The number of halogens is 1. The summed E-state index contributed by atoms with van der Waals surface area (Å²) in [5.41, 5.74) is -0.0506. The first-order valence-corrected chi connectivity index (χ1v) is 8.77. The van der Waals surface area contributed by atoms with Crippen molar-refractivity contribution >= 4 is 50.5 Å². The number of nitrogens with zero attached hydrogens (tertiary/aromatic N) is 1. The van der Waals surface area contributed by atoms with Crippen molar-refractivity contribution in [2.45, 2.75) is 12.5 Å². The van der Waals surface area contributed by atoms with Crippen molar-refractivity contribution in [3.8, 4) is 0 Å². The summed E-state index contributed by atoms with van der Waals surface area (Å²) in [6.45, 7) is 0. The number of aliphatic carboxylic acids is 1. The number of rotatable bonds is 2. The molecule has 0 bridgehead atoms. The Hall–Kier alpha value is -1.80. The molecule has 120 valence electrons. The first-order chi connectivity index (χ1) is 11.0. The molecule has 1 aromatic heterocycles. The maximum Gasteiger partial charge on any atom is 0.326 e. The molecule has 1 aromatic carbocycles. The fourth-order valence-corrected chi connectivity index (χ4v) is 3.79. The van der Waals surface area contributed by atoms with Crippen molar-refractivity contribution in [1.29, 1.82) is 0 Å². The normalized spacial score (nSPS) is 18.1. The molecule has 23 heavy (non-hydrogen) atoms. The Morgan fingerprint density at radius 1 is 1.35 bits per heavy atom. The summed E-state index contributed by atoms with van der Waals surface area (Å²) in [6, 6.07) is 5.15. The van der Waals surface area contributed by atoms with E-state index in [1.54, 1.807) is 18.2 Å². The van der Waals surface area contributed by atoms with Gasteiger partial charge < -0.3 is 14.4 Å². The molecule has 3 rings (SSSR count). The minimum Gasteiger partial charge on any atom is -0.480 e. The predicted molar refractivity (Wildman–Crippen MR) is 89.7 cm³/mol. The Morgan fingerprint density at radius 2 is 2.13 bits per heavy atom. The molecule has 1 saturated heterocycles. The molecule has 6 nitrogen and oxygen atoms in total. The minimum atomic E-state index is -1.05. The smallest absolute Gasteiger partial charge is 0.326 e. The highest BCUT2D eigenvalue weighted by Crippen LogP contribution is 2.24. The van der Waals surface area contributed by atoms with E-state index in [9.17, 15) is 19.5 Å². The van der Waals surface area contributed by atoms with Gasteiger partial charge in [-0.2, -0.15) is 0 Å². The zero-order valence-electron chi connectivity index (χ0n) is 11.8. The molecule has 0 aliphatic carbocycles. The molecule has 1 fully saturated rings. The standard InChI is InChI=1S/C15H12BrNO5S/c16-8-1-2-9-11(18)6-13(22-12(9)5-8)14(19)17-7-23-4-3-10(17)15(20)21/h1-2,5-6,10H,3-4,7H2,(H,20,21). The molecule has 1 unspecified atom stereocenters. The highest BCUT2D eigenvalue weighted by atomic mass is 79.9. The number of fused-ring (bicyclic) bond motifs is 1. The van der Waals surface area contributed by atoms with E-state index in [1.165, 1.54) is 16.7 Å². The summed E-state index contributed by atoms with van der Waals surface area (Å²) in [5.74, 6) is -0.840. The lowest BCUT2D eigenvalue weighted by molar-refractivity contribution is -0.142. The number of carboxylic acids is 1. The summed E-state index contributed by atoms with van der Waals surface area (Å²) in [5, 5.41) is 9.63. The summed E-state index contributed by atoms with van der Waals surface area (Å²) in [4.78, 5) is 37.3. The van der Waals surface area contributed by atoms with E-state index in [4.69, 9.17) is 4.42 Å². The molecule has 1 aliphatic heterocycles. The number of thioether (sulfide) groups is 1. The van der Waals surface area contributed by atoms with E-state index < -0.39 is 17.9 Å². The molecule has 2 aromatic rings. The van der Waals surface area contributed by atoms with Crippen LogP contribution in [0.5, 0.6) is 0 Å². The third-order valence-electron chi connectivity index (χ3n) is 3.59. The van der Waals surface area contributed by atoms with Crippen LogP contribution in [0.25, 0.3) is 11.0 Å². The van der Waals surface area contributed by atoms with Crippen molar-refractivity contribution in [2.75, 3.05) is 11.6 Å². The quantitative estimate of drug-likeness (QED) is 0.837. The summed E-state index contributed by atoms with van der Waals surface area (Å²) < 4.78 is 6.26. The van der Waals surface area contributed by atoms with E-state index in [0.717, 1.165) is 10.5 Å². The van der Waals surface area contributed by atoms with Gasteiger partial charge in [0, 0.05) is 10.5 Å². The van der Waals surface area contributed by atoms with Gasteiger partial charge in [0.15, 0.2) is 11.2 Å². The highest BCUT2D eigenvalue weighted by molar-refractivity contribution is 9.10. The summed E-state index contributed by atoms with van der Waals surface area (Å²) in [7, 11) is 0. The van der Waals surface area contributed by atoms with Gasteiger partial charge in [0.2, 0.25) is 0 Å². The number of carboxylic acid groups (broad SMARTS) is 1. The number of hydrogen-bond acceptors (Lipinski definition) is 5. The van der Waals surface area contributed by atoms with Crippen molar-refractivity contribution in [3.05, 3.63) is 44.7 Å². The van der Waals surface area contributed by atoms with E-state index in [-0.39, 0.29) is 22.6 Å². The molecular weight excluding hydrogens is 386 g/mol. The molecule has 1 N–H and O–H groups in total. The van der Waals surface area contributed by atoms with Gasteiger partial charge >= 0.3 is 5.97 Å². The second kappa shape index (κ2) is 6.37. The highest BCUT2D eigenvalue weighted by Gasteiger charge is 2.34. The van der Waals surface area contributed by atoms with E-state index in [1.807, 2.05) is 0 Å². The Labute approximate surface area is 143 Å². The number of hydrogen-bond donors (Lipinski definition) is 1. The lowest BCUT2D eigenvalue weighted by atomic mass is 10.1. The van der Waals surface area contributed by atoms with Crippen LogP contribution in [0.1, 0.15) is 17.0 Å². The van der Waals surface area contributed by atoms with Gasteiger partial charge in [-0.1, -0.05) is 15.9 Å². The van der Waals surface area contributed by atoms with Gasteiger partial charge in [-0.15, -0.1) is 11.8 Å². The second-order valence-electron chi connectivity index (χ2n) is 5.07. The van der Waals surface area contributed by atoms with E-state index >= 15 is 0 Å². The number of amides is 1. The molecular formula is C15H12BrNO5S. The zero-order chi connectivity index (χ0) is 16.6. The van der Waals surface area contributed by atoms with Gasteiger partial charge in [0.1, 0.15) is 11.6 Å². The first kappa shape index (κ1) is 16.1. The largest absolute Gasteiger partial charge is 0.480 e. The van der Waals surface area contributed by atoms with Gasteiger partial charge in [-0.25, -0.2) is 4.79 Å². The van der Waals surface area contributed by atoms with Crippen molar-refractivity contribution in [3.63, 3.8) is 0 Å². The molecule has 0 saturated carbocycles. The molecule has 2 heterocycles. The maximum absolute atomic E-state index is 12.6. The SMILES string of the molecule is O=C(O)C1CCSCN1C(=O)c1cc(=O)c2ccc(Br)cc2o1. The predicted octanol–water partition coefficient (Wildman–Crippen LogP) is 2.55. The fraction of sp³-hybridized carbons (Fsp3) is 0.267. The van der Waals surface area contributed by atoms with Crippen LogP contribution in [-0.4, -0.2) is 39.6 Å². The van der Waals surface area contributed by atoms with Crippen molar-refractivity contribution in [1.82, 2.24) is 4.90 Å². The van der Waals surface area contributed by atoms with E-state index in [0.29, 0.717) is 17.6 Å². The lowest BCUT2D eigenvalue weighted by Gasteiger charge is -2.31. The molecule has 1 aliphatic rings. The van der Waals surface area contributed by atoms with E-state index in [2.05, 4.69) is 15.9 Å². The van der Waals surface area contributed by atoms with Crippen LogP contribution in [0, 0.1) is 0 Å². The van der Waals surface area contributed by atoms with Crippen LogP contribution in [0.4, 0.5) is 0 Å². The molecule has 1 amide bonds. The molecule has 0 spiro atoms. The monoisotopic (exact) mass is 397 g/mol. The van der Waals surface area contributed by atoms with Gasteiger partial charge in [0.05, 0.1) is 11.3 Å². The second-order valence-corrected chi connectivity index (χ2v) is 7.06. The third-order valence-corrected chi connectivity index (χ3v) is 5.07. The van der Waals surface area contributed by atoms with Gasteiger partial charge in [-0.3, -0.25) is 9.59 Å². The van der Waals surface area contributed by atoms with Crippen molar-refractivity contribution < 1.29 is 19.1 Å². The van der Waals surface area contributed by atoms with Crippen LogP contribution < -0.4 is 5.43 Å². The van der Waals surface area contributed by atoms with Crippen molar-refractivity contribution in [2.24, 2.45) is 0 Å². The number of benzene rings is 1. The van der Waals surface area contributed by atoms with Crippen LogP contribution in [0.3, 0.4) is 0 Å². The van der Waals surface area contributed by atoms with Gasteiger partial charge in [0.25, 0.3) is 5.91 Å². The summed E-state index contributed by atoms with van der Waals surface area (Å²) >= 11 is 4.76. The number of carbonyl (C=O) groups excluding carboxylic acids is 1. The molecule has 1 atom stereocenters. The third kappa shape index (κ3) is 3.13. The average molecular weight is 398 g/mol. The van der Waals surface area contributed by atoms with Crippen LogP contribution in [-0.2, 0) is 4.79 Å². The molecule has 0 radical (unpaired) electrons. The number of carbonyl (C=O) groups is 2. The Kier molecular flexibility index (Phi) is 4.45. The minimum absolute atomic E-state index is 0.144. The zero-order valence-corrected chi connectivity index (χ0v) is 14.2. The topological polar surface area (TPSA) is 87.8 Å². The Balaban J connectivity index is 2.03. The van der Waals surface area contributed by atoms with Crippen LogP contribution in [0.15, 0.2) is 37.9 Å². The Bertz CT molecular complexity index is 849. The first-order valence-electron chi connectivity index (χ1n) is 6.82. The fourth-order valence-electron chi connectivity index (χ4n) is 2.44. The molecule has 8 heteroatoms.